The van der Waals surface area contributed by atoms with Gasteiger partial charge in [-0.25, -0.2) is 0 Å². The molecule has 1 aromatic heterocycles. The highest BCUT2D eigenvalue weighted by atomic mass is 16.1. The Balaban J connectivity index is 2.71. The fourth-order valence-corrected chi connectivity index (χ4v) is 2.68. The van der Waals surface area contributed by atoms with E-state index in [1.165, 1.54) is 5.56 Å². The van der Waals surface area contributed by atoms with Gasteiger partial charge in [-0.05, 0) is 26.2 Å². The van der Waals surface area contributed by atoms with E-state index >= 15 is 0 Å². The highest BCUT2D eigenvalue weighted by molar-refractivity contribution is 5.80. The number of carbonyl (C=O) groups is 1. The summed E-state index contributed by atoms with van der Waals surface area (Å²) in [7, 11) is 3.96. The summed E-state index contributed by atoms with van der Waals surface area (Å²) in [6.07, 6.45) is 3.40. The normalized spacial score (nSPS) is 13.0. The molecule has 0 aromatic carbocycles. The van der Waals surface area contributed by atoms with Gasteiger partial charge in [0.15, 0.2) is 5.96 Å². The lowest BCUT2D eigenvalue weighted by Gasteiger charge is -2.22. The molecule has 148 valence electrons. The number of aliphatic imine (C=N–C) groups is 1. The molecule has 0 aliphatic heterocycles. The van der Waals surface area contributed by atoms with Gasteiger partial charge in [-0.2, -0.15) is 5.10 Å². The van der Waals surface area contributed by atoms with Crippen molar-refractivity contribution in [2.75, 3.05) is 20.1 Å². The summed E-state index contributed by atoms with van der Waals surface area (Å²) in [5, 5.41) is 10.8. The maximum atomic E-state index is 11.9. The zero-order valence-electron chi connectivity index (χ0n) is 17.5. The Morgan fingerprint density at radius 3 is 2.62 bits per heavy atom. The molecule has 0 aliphatic rings. The smallest absolute Gasteiger partial charge is 0.222 e. The van der Waals surface area contributed by atoms with Crippen molar-refractivity contribution in [2.45, 2.75) is 66.0 Å². The van der Waals surface area contributed by atoms with E-state index in [0.717, 1.165) is 31.2 Å². The van der Waals surface area contributed by atoms with Gasteiger partial charge in [0, 0.05) is 51.4 Å². The van der Waals surface area contributed by atoms with Crippen molar-refractivity contribution in [3.05, 3.63) is 17.5 Å². The highest BCUT2D eigenvalue weighted by Crippen LogP contribution is 2.18. The van der Waals surface area contributed by atoms with E-state index in [9.17, 15) is 4.79 Å². The predicted octanol–water partition coefficient (Wildman–Crippen LogP) is 2.25. The number of hydrogen-bond donors (Lipinski definition) is 2. The van der Waals surface area contributed by atoms with Crippen LogP contribution >= 0.6 is 0 Å². The quantitative estimate of drug-likeness (QED) is 0.521. The van der Waals surface area contributed by atoms with Crippen molar-refractivity contribution in [2.24, 2.45) is 12.0 Å². The van der Waals surface area contributed by atoms with Gasteiger partial charge < -0.3 is 15.5 Å². The monoisotopic (exact) mass is 364 g/mol. The third-order valence-corrected chi connectivity index (χ3v) is 4.21. The first-order valence-electron chi connectivity index (χ1n) is 9.59. The van der Waals surface area contributed by atoms with E-state index in [2.05, 4.69) is 52.6 Å². The van der Waals surface area contributed by atoms with Crippen LogP contribution in [0, 0.1) is 0 Å². The van der Waals surface area contributed by atoms with Crippen molar-refractivity contribution in [3.63, 3.8) is 0 Å². The number of aromatic nitrogens is 2. The second-order valence-electron chi connectivity index (χ2n) is 7.09. The van der Waals surface area contributed by atoms with Crippen LogP contribution in [-0.4, -0.2) is 52.7 Å². The molecule has 1 amide bonds. The maximum Gasteiger partial charge on any atom is 0.222 e. The molecule has 1 rings (SSSR count). The maximum absolute atomic E-state index is 11.9. The van der Waals surface area contributed by atoms with Crippen LogP contribution in [0.2, 0.25) is 0 Å². The zero-order chi connectivity index (χ0) is 19.7. The molecule has 0 saturated heterocycles. The van der Waals surface area contributed by atoms with Gasteiger partial charge in [0.2, 0.25) is 5.91 Å². The first-order valence-corrected chi connectivity index (χ1v) is 9.59. The SMILES string of the molecule is CCNC(=NCCC(=O)NC(C)CC)N(C)Cc1cn(C)nc1C(C)C. The fourth-order valence-electron chi connectivity index (χ4n) is 2.68. The minimum atomic E-state index is 0.0518. The average molecular weight is 365 g/mol. The van der Waals surface area contributed by atoms with Crippen molar-refractivity contribution >= 4 is 11.9 Å². The summed E-state index contributed by atoms with van der Waals surface area (Å²) in [5.41, 5.74) is 2.31. The molecule has 1 unspecified atom stereocenters. The van der Waals surface area contributed by atoms with Gasteiger partial charge in [0.1, 0.15) is 0 Å². The molecule has 0 bridgehead atoms. The molecule has 26 heavy (non-hydrogen) atoms. The molecular formula is C19H36N6O. The number of amides is 1. The molecule has 7 heteroatoms. The summed E-state index contributed by atoms with van der Waals surface area (Å²) in [4.78, 5) is 18.6. The lowest BCUT2D eigenvalue weighted by molar-refractivity contribution is -0.121. The Hall–Kier alpha value is -2.05. The molecule has 1 aromatic rings. The summed E-state index contributed by atoms with van der Waals surface area (Å²) < 4.78 is 1.86. The van der Waals surface area contributed by atoms with E-state index in [1.807, 2.05) is 32.6 Å². The summed E-state index contributed by atoms with van der Waals surface area (Å²) in [6.45, 7) is 12.4. The van der Waals surface area contributed by atoms with Crippen LogP contribution in [-0.2, 0) is 18.4 Å². The average Bonchev–Trinajstić information content (AvgIpc) is 2.94. The molecule has 0 saturated carbocycles. The van der Waals surface area contributed by atoms with Crippen LogP contribution in [0.5, 0.6) is 0 Å². The first-order chi connectivity index (χ1) is 12.3. The van der Waals surface area contributed by atoms with Gasteiger partial charge in [-0.3, -0.25) is 14.5 Å². The summed E-state index contributed by atoms with van der Waals surface area (Å²) >= 11 is 0. The van der Waals surface area contributed by atoms with Crippen LogP contribution in [0.1, 0.15) is 64.6 Å². The minimum Gasteiger partial charge on any atom is -0.357 e. The predicted molar refractivity (Wildman–Crippen MR) is 107 cm³/mol. The van der Waals surface area contributed by atoms with Crippen molar-refractivity contribution in [3.8, 4) is 0 Å². The van der Waals surface area contributed by atoms with E-state index in [4.69, 9.17) is 0 Å². The number of carbonyl (C=O) groups excluding carboxylic acids is 1. The Labute approximate surface area is 158 Å². The second kappa shape index (κ2) is 10.8. The van der Waals surface area contributed by atoms with E-state index in [-0.39, 0.29) is 11.9 Å². The van der Waals surface area contributed by atoms with Crippen LogP contribution in [0.4, 0.5) is 0 Å². The van der Waals surface area contributed by atoms with Gasteiger partial charge >= 0.3 is 0 Å². The van der Waals surface area contributed by atoms with Gasteiger partial charge in [-0.15, -0.1) is 0 Å². The molecule has 0 aliphatic carbocycles. The Morgan fingerprint density at radius 2 is 2.04 bits per heavy atom. The number of hydrogen-bond acceptors (Lipinski definition) is 3. The standard InChI is InChI=1S/C19H36N6O/c1-8-15(5)22-17(26)10-11-21-19(20-9-2)24(6)12-16-13-25(7)23-18(16)14(3)4/h13-15H,8-12H2,1-7H3,(H,20,21)(H,22,26). The van der Waals surface area contributed by atoms with Gasteiger partial charge in [-0.1, -0.05) is 20.8 Å². The summed E-state index contributed by atoms with van der Waals surface area (Å²) in [5.74, 6) is 1.24. The number of nitrogens with one attached hydrogen (secondary N) is 2. The molecule has 0 spiro atoms. The Morgan fingerprint density at radius 1 is 1.35 bits per heavy atom. The number of rotatable bonds is 9. The van der Waals surface area contributed by atoms with E-state index < -0.39 is 0 Å². The minimum absolute atomic E-state index is 0.0518. The molecule has 2 N–H and O–H groups in total. The third-order valence-electron chi connectivity index (χ3n) is 4.21. The molecule has 1 heterocycles. The van der Waals surface area contributed by atoms with E-state index in [1.54, 1.807) is 0 Å². The fraction of sp³-hybridized carbons (Fsp3) is 0.737. The molecule has 7 nitrogen and oxygen atoms in total. The molecular weight excluding hydrogens is 328 g/mol. The molecule has 0 fully saturated rings. The van der Waals surface area contributed by atoms with Crippen LogP contribution in [0.3, 0.4) is 0 Å². The first kappa shape index (κ1) is 22.0. The lowest BCUT2D eigenvalue weighted by atomic mass is 10.1. The second-order valence-corrected chi connectivity index (χ2v) is 7.09. The van der Waals surface area contributed by atoms with Crippen molar-refractivity contribution in [1.82, 2.24) is 25.3 Å². The highest BCUT2D eigenvalue weighted by Gasteiger charge is 2.15. The van der Waals surface area contributed by atoms with Crippen LogP contribution < -0.4 is 10.6 Å². The van der Waals surface area contributed by atoms with Crippen LogP contribution in [0.15, 0.2) is 11.2 Å². The van der Waals surface area contributed by atoms with Crippen molar-refractivity contribution in [1.29, 1.82) is 0 Å². The van der Waals surface area contributed by atoms with Gasteiger partial charge in [0.05, 0.1) is 12.2 Å². The number of guanidine groups is 1. The lowest BCUT2D eigenvalue weighted by Crippen LogP contribution is -2.39. The Kier molecular flexibility index (Phi) is 9.16. The van der Waals surface area contributed by atoms with Crippen molar-refractivity contribution < 1.29 is 4.79 Å². The molecule has 0 radical (unpaired) electrons. The topological polar surface area (TPSA) is 74.6 Å². The Bertz CT molecular complexity index is 593. The number of aryl methyl sites for hydroxylation is 1. The number of nitrogens with zero attached hydrogens (tertiary/aromatic N) is 4. The van der Waals surface area contributed by atoms with Crippen LogP contribution in [0.25, 0.3) is 0 Å². The zero-order valence-corrected chi connectivity index (χ0v) is 17.5. The largest absolute Gasteiger partial charge is 0.357 e. The molecule has 1 atom stereocenters. The van der Waals surface area contributed by atoms with Gasteiger partial charge in [0.25, 0.3) is 0 Å². The van der Waals surface area contributed by atoms with E-state index in [0.29, 0.717) is 18.9 Å². The third kappa shape index (κ3) is 7.06. The summed E-state index contributed by atoms with van der Waals surface area (Å²) in [6, 6.07) is 0.211.